The first kappa shape index (κ1) is 26.9. The second kappa shape index (κ2) is 10.1. The number of allylic oxidation sites excluding steroid dienone is 1. The maximum absolute atomic E-state index is 13.8. The van der Waals surface area contributed by atoms with Gasteiger partial charge in [-0.25, -0.2) is 4.39 Å². The van der Waals surface area contributed by atoms with Crippen molar-refractivity contribution in [1.29, 1.82) is 0 Å². The van der Waals surface area contributed by atoms with E-state index in [1.165, 1.54) is 11.1 Å². The van der Waals surface area contributed by atoms with Crippen LogP contribution in [-0.2, 0) is 27.7 Å². The van der Waals surface area contributed by atoms with Crippen molar-refractivity contribution in [3.05, 3.63) is 76.6 Å². The van der Waals surface area contributed by atoms with Gasteiger partial charge in [-0.15, -0.1) is 0 Å². The van der Waals surface area contributed by atoms with Crippen LogP contribution in [0.4, 0.5) is 17.6 Å². The summed E-state index contributed by atoms with van der Waals surface area (Å²) in [6, 6.07) is 11.2. The lowest BCUT2D eigenvalue weighted by molar-refractivity contribution is -0.137. The molecule has 1 N–H and O–H groups in total. The normalized spacial score (nSPS) is 29.1. The largest absolute Gasteiger partial charge is 0.416 e. The van der Waals surface area contributed by atoms with Crippen LogP contribution in [0.25, 0.3) is 6.08 Å². The Morgan fingerprint density at radius 1 is 1.18 bits per heavy atom. The van der Waals surface area contributed by atoms with E-state index in [4.69, 9.17) is 4.74 Å². The lowest BCUT2D eigenvalue weighted by Crippen LogP contribution is -2.51. The molecule has 5 rings (SSSR count). The van der Waals surface area contributed by atoms with Crippen LogP contribution in [0.3, 0.4) is 0 Å². The number of fused-ring (bicyclic) bond motifs is 2. The van der Waals surface area contributed by atoms with Crippen molar-refractivity contribution in [2.45, 2.75) is 56.8 Å². The van der Waals surface area contributed by atoms with Gasteiger partial charge in [0.25, 0.3) is 0 Å². The summed E-state index contributed by atoms with van der Waals surface area (Å²) in [6.07, 6.45) is 3.07. The van der Waals surface area contributed by atoms with Gasteiger partial charge in [-0.3, -0.25) is 9.69 Å². The minimum absolute atomic E-state index is 0.0485. The summed E-state index contributed by atoms with van der Waals surface area (Å²) < 4.78 is 58.6. The average molecular weight is 531 g/mol. The van der Waals surface area contributed by atoms with Gasteiger partial charge in [0.05, 0.1) is 17.6 Å². The number of carbonyl (C=O) groups is 1. The molecule has 8 heteroatoms. The van der Waals surface area contributed by atoms with Crippen molar-refractivity contribution in [1.82, 2.24) is 10.2 Å². The first-order chi connectivity index (χ1) is 18.1. The molecule has 2 aromatic rings. The van der Waals surface area contributed by atoms with Gasteiger partial charge in [-0.2, -0.15) is 13.2 Å². The number of nitrogens with zero attached hydrogens (tertiary/aromatic N) is 1. The van der Waals surface area contributed by atoms with E-state index in [0.717, 1.165) is 38.1 Å². The number of ether oxygens (including phenoxy) is 1. The van der Waals surface area contributed by atoms with Gasteiger partial charge in [-0.1, -0.05) is 43.3 Å². The average Bonchev–Trinajstić information content (AvgIpc) is 3.48. The Hall–Kier alpha value is -2.71. The van der Waals surface area contributed by atoms with Gasteiger partial charge >= 0.3 is 6.18 Å². The number of rotatable bonds is 6. The Bertz CT molecular complexity index is 1230. The highest BCUT2D eigenvalue weighted by Crippen LogP contribution is 2.49. The van der Waals surface area contributed by atoms with Gasteiger partial charge in [0.15, 0.2) is 0 Å². The zero-order valence-electron chi connectivity index (χ0n) is 21.8. The molecule has 1 amide bonds. The standard InChI is InChI=1S/C30H34F4N2O2/c1-20-18-36(12-11-29(20)10-7-22-5-3-4-6-26(22)29)25-8-9-28(16-25,19-38-2)27(37)35-17-21-13-23(30(32,33)34)15-24(31)14-21/h3-7,10,13-15,20,25H,8-9,11-12,16-19H2,1-2H3,(H,35,37)/t20-,25?,28?,29-/m0/s1. The fourth-order valence-electron chi connectivity index (χ4n) is 6.93. The number of amides is 1. The number of benzene rings is 2. The quantitative estimate of drug-likeness (QED) is 0.469. The van der Waals surface area contributed by atoms with Crippen LogP contribution in [0.15, 0.2) is 48.5 Å². The van der Waals surface area contributed by atoms with Crippen LogP contribution >= 0.6 is 0 Å². The molecule has 2 unspecified atom stereocenters. The molecule has 1 saturated heterocycles. The highest BCUT2D eigenvalue weighted by Gasteiger charge is 2.50. The summed E-state index contributed by atoms with van der Waals surface area (Å²) in [5.74, 6) is -0.819. The molecular weight excluding hydrogens is 496 g/mol. The van der Waals surface area contributed by atoms with Crippen LogP contribution < -0.4 is 5.32 Å². The molecule has 0 aromatic heterocycles. The fraction of sp³-hybridized carbons (Fsp3) is 0.500. The number of alkyl halides is 3. The molecular formula is C30H34F4N2O2. The second-order valence-electron chi connectivity index (χ2n) is 11.2. The van der Waals surface area contributed by atoms with Crippen molar-refractivity contribution < 1.29 is 27.1 Å². The van der Waals surface area contributed by atoms with Crippen LogP contribution in [0.1, 0.15) is 54.9 Å². The van der Waals surface area contributed by atoms with Crippen molar-refractivity contribution >= 4 is 12.0 Å². The molecule has 2 aromatic carbocycles. The summed E-state index contributed by atoms with van der Waals surface area (Å²) in [7, 11) is 1.56. The third kappa shape index (κ3) is 4.89. The molecule has 2 fully saturated rings. The van der Waals surface area contributed by atoms with E-state index in [2.05, 4.69) is 53.6 Å². The number of piperidine rings is 1. The van der Waals surface area contributed by atoms with Gasteiger partial charge < -0.3 is 10.1 Å². The smallest absolute Gasteiger partial charge is 0.384 e. The minimum atomic E-state index is -4.66. The van der Waals surface area contributed by atoms with E-state index in [0.29, 0.717) is 24.8 Å². The lowest BCUT2D eigenvalue weighted by atomic mass is 9.67. The molecule has 4 atom stereocenters. The molecule has 2 aliphatic carbocycles. The molecule has 38 heavy (non-hydrogen) atoms. The molecule has 4 nitrogen and oxygen atoms in total. The zero-order chi connectivity index (χ0) is 27.1. The second-order valence-corrected chi connectivity index (χ2v) is 11.2. The Labute approximate surface area is 221 Å². The number of halogens is 4. The first-order valence-electron chi connectivity index (χ1n) is 13.2. The molecule has 1 saturated carbocycles. The van der Waals surface area contributed by atoms with Crippen LogP contribution in [0, 0.1) is 17.2 Å². The van der Waals surface area contributed by atoms with Gasteiger partial charge in [0, 0.05) is 31.7 Å². The summed E-state index contributed by atoms with van der Waals surface area (Å²) >= 11 is 0. The Kier molecular flexibility index (Phi) is 7.16. The van der Waals surface area contributed by atoms with Gasteiger partial charge in [0.2, 0.25) is 5.91 Å². The SMILES string of the molecule is COCC1(C(=O)NCc2cc(F)cc(C(F)(F)F)c2)CCC(N2CC[C@@]3(C=Cc4ccccc43)[C@@H](C)C2)C1. The number of methoxy groups -OCH3 is 1. The number of carbonyl (C=O) groups excluding carboxylic acids is 1. The van der Waals surface area contributed by atoms with Crippen molar-refractivity contribution in [3.8, 4) is 0 Å². The van der Waals surface area contributed by atoms with E-state index in [1.54, 1.807) is 7.11 Å². The van der Waals surface area contributed by atoms with Crippen LogP contribution in [0.2, 0.25) is 0 Å². The van der Waals surface area contributed by atoms with Crippen molar-refractivity contribution in [2.75, 3.05) is 26.8 Å². The molecule has 1 heterocycles. The minimum Gasteiger partial charge on any atom is -0.384 e. The maximum Gasteiger partial charge on any atom is 0.416 e. The van der Waals surface area contributed by atoms with E-state index in [1.807, 2.05) is 0 Å². The summed E-state index contributed by atoms with van der Waals surface area (Å²) in [4.78, 5) is 15.9. The summed E-state index contributed by atoms with van der Waals surface area (Å²) in [6.45, 7) is 4.22. The highest BCUT2D eigenvalue weighted by molar-refractivity contribution is 5.83. The van der Waals surface area contributed by atoms with Crippen LogP contribution in [-0.4, -0.2) is 43.7 Å². The number of hydrogen-bond acceptors (Lipinski definition) is 3. The fourth-order valence-corrected chi connectivity index (χ4v) is 6.93. The Morgan fingerprint density at radius 3 is 2.71 bits per heavy atom. The highest BCUT2D eigenvalue weighted by atomic mass is 19.4. The molecule has 1 aliphatic heterocycles. The van der Waals surface area contributed by atoms with E-state index >= 15 is 0 Å². The number of likely N-dealkylation sites (tertiary alicyclic amines) is 1. The van der Waals surface area contributed by atoms with Gasteiger partial charge in [0.1, 0.15) is 5.82 Å². The van der Waals surface area contributed by atoms with Crippen molar-refractivity contribution in [3.63, 3.8) is 0 Å². The molecule has 3 aliphatic rings. The number of nitrogens with one attached hydrogen (secondary N) is 1. The summed E-state index contributed by atoms with van der Waals surface area (Å²) in [5, 5.41) is 2.77. The maximum atomic E-state index is 13.8. The van der Waals surface area contributed by atoms with Gasteiger partial charge in [-0.05, 0) is 73.0 Å². The van der Waals surface area contributed by atoms with E-state index in [-0.39, 0.29) is 36.1 Å². The Morgan fingerprint density at radius 2 is 1.97 bits per heavy atom. The predicted molar refractivity (Wildman–Crippen MR) is 138 cm³/mol. The molecule has 1 spiro atoms. The first-order valence-corrected chi connectivity index (χ1v) is 13.2. The zero-order valence-corrected chi connectivity index (χ0v) is 21.8. The van der Waals surface area contributed by atoms with Crippen molar-refractivity contribution in [2.24, 2.45) is 11.3 Å². The topological polar surface area (TPSA) is 41.6 Å². The summed E-state index contributed by atoms with van der Waals surface area (Å²) in [5.41, 5.74) is 0.992. The molecule has 204 valence electrons. The third-order valence-corrected chi connectivity index (χ3v) is 8.96. The monoisotopic (exact) mass is 530 g/mol. The lowest BCUT2D eigenvalue weighted by Gasteiger charge is -2.46. The van der Waals surface area contributed by atoms with E-state index < -0.39 is 23.0 Å². The number of hydrogen-bond donors (Lipinski definition) is 1. The Balaban J connectivity index is 1.25. The predicted octanol–water partition coefficient (Wildman–Crippen LogP) is 5.95. The third-order valence-electron chi connectivity index (χ3n) is 8.96. The van der Waals surface area contributed by atoms with Crippen LogP contribution in [0.5, 0.6) is 0 Å². The molecule has 0 bridgehead atoms. The van der Waals surface area contributed by atoms with E-state index in [9.17, 15) is 22.4 Å². The molecule has 0 radical (unpaired) electrons.